The summed E-state index contributed by atoms with van der Waals surface area (Å²) >= 11 is 0. The molecule has 2 aliphatic heterocycles. The first-order valence-electron chi connectivity index (χ1n) is 6.46. The minimum absolute atomic E-state index is 0.00840. The second-order valence-corrected chi connectivity index (χ2v) is 5.17. The van der Waals surface area contributed by atoms with E-state index >= 15 is 0 Å². The molecule has 0 aromatic carbocycles. The molecule has 0 aliphatic carbocycles. The van der Waals surface area contributed by atoms with Gasteiger partial charge in [0.25, 0.3) is 0 Å². The van der Waals surface area contributed by atoms with Gasteiger partial charge in [-0.2, -0.15) is 5.10 Å². The van der Waals surface area contributed by atoms with Crippen molar-refractivity contribution in [2.45, 2.75) is 25.5 Å². The summed E-state index contributed by atoms with van der Waals surface area (Å²) in [6, 6.07) is 2.37. The van der Waals surface area contributed by atoms with Gasteiger partial charge < -0.3 is 9.64 Å². The van der Waals surface area contributed by atoms with Gasteiger partial charge in [0.05, 0.1) is 30.5 Å². The van der Waals surface area contributed by atoms with Crippen LogP contribution in [0.4, 0.5) is 5.82 Å². The smallest absolute Gasteiger partial charge is 0.168 e. The van der Waals surface area contributed by atoms with Gasteiger partial charge in [-0.25, -0.2) is 9.50 Å². The number of Topliss-reactive ketones (excluding diaryl/α,β-unsaturated/α-hetero) is 1. The number of ketones is 1. The average molecular weight is 258 g/mol. The lowest BCUT2D eigenvalue weighted by atomic mass is 10.2. The van der Waals surface area contributed by atoms with Gasteiger partial charge in [0, 0.05) is 12.7 Å². The van der Waals surface area contributed by atoms with Crippen molar-refractivity contribution in [2.24, 2.45) is 0 Å². The van der Waals surface area contributed by atoms with E-state index in [2.05, 4.69) is 15.0 Å². The van der Waals surface area contributed by atoms with E-state index in [0.29, 0.717) is 23.4 Å². The molecule has 2 bridgehead atoms. The van der Waals surface area contributed by atoms with E-state index in [1.165, 1.54) is 6.92 Å². The maximum atomic E-state index is 11.6. The lowest BCUT2D eigenvalue weighted by molar-refractivity contribution is 0.0988. The van der Waals surface area contributed by atoms with Gasteiger partial charge in [0.2, 0.25) is 0 Å². The molecule has 19 heavy (non-hydrogen) atoms. The number of rotatable bonds is 2. The van der Waals surface area contributed by atoms with Crippen molar-refractivity contribution < 1.29 is 9.53 Å². The summed E-state index contributed by atoms with van der Waals surface area (Å²) in [7, 11) is 0. The number of aromatic nitrogens is 3. The highest BCUT2D eigenvalue weighted by Gasteiger charge is 2.39. The second-order valence-electron chi connectivity index (χ2n) is 5.17. The fourth-order valence-electron chi connectivity index (χ4n) is 2.95. The number of morpholine rings is 1. The zero-order valence-electron chi connectivity index (χ0n) is 10.6. The SMILES string of the molecule is CC(=O)c1cnn2ccc(N3CC4CC3CO4)nc12. The molecule has 98 valence electrons. The van der Waals surface area contributed by atoms with Crippen LogP contribution in [0.15, 0.2) is 18.5 Å². The van der Waals surface area contributed by atoms with Crippen molar-refractivity contribution in [1.82, 2.24) is 14.6 Å². The molecular formula is C13H14N4O2. The molecule has 2 aromatic heterocycles. The van der Waals surface area contributed by atoms with Gasteiger partial charge in [0.1, 0.15) is 5.82 Å². The third-order valence-electron chi connectivity index (χ3n) is 3.93. The molecule has 0 radical (unpaired) electrons. The minimum atomic E-state index is -0.00840. The quantitative estimate of drug-likeness (QED) is 0.749. The average Bonchev–Trinajstić information content (AvgIpc) is 3.12. The van der Waals surface area contributed by atoms with Crippen LogP contribution >= 0.6 is 0 Å². The van der Waals surface area contributed by atoms with Crippen LogP contribution in [0.1, 0.15) is 23.7 Å². The number of hydrogen-bond acceptors (Lipinski definition) is 5. The predicted octanol–water partition coefficient (Wildman–Crippen LogP) is 0.909. The maximum Gasteiger partial charge on any atom is 0.168 e. The Kier molecular flexibility index (Phi) is 2.17. The summed E-state index contributed by atoms with van der Waals surface area (Å²) in [6.07, 6.45) is 4.84. The Morgan fingerprint density at radius 1 is 1.53 bits per heavy atom. The Bertz CT molecular complexity index is 666. The summed E-state index contributed by atoms with van der Waals surface area (Å²) < 4.78 is 7.24. The first-order chi connectivity index (χ1) is 9.22. The Balaban J connectivity index is 1.79. The van der Waals surface area contributed by atoms with Gasteiger partial charge in [-0.1, -0.05) is 0 Å². The topological polar surface area (TPSA) is 59.7 Å². The second kappa shape index (κ2) is 3.77. The molecule has 4 rings (SSSR count). The molecule has 0 saturated carbocycles. The Labute approximate surface area is 110 Å². The standard InChI is InChI=1S/C13H14N4O2/c1-8(18)11-5-14-17-3-2-12(15-13(11)17)16-6-10-4-9(16)7-19-10/h2-3,5,9-10H,4,6-7H2,1H3. The summed E-state index contributed by atoms with van der Waals surface area (Å²) in [6.45, 7) is 3.20. The van der Waals surface area contributed by atoms with Crippen molar-refractivity contribution >= 4 is 17.2 Å². The van der Waals surface area contributed by atoms with Gasteiger partial charge in [-0.05, 0) is 19.4 Å². The zero-order valence-corrected chi connectivity index (χ0v) is 10.6. The highest BCUT2D eigenvalue weighted by atomic mass is 16.5. The van der Waals surface area contributed by atoms with Crippen LogP contribution in [0.2, 0.25) is 0 Å². The number of anilines is 1. The van der Waals surface area contributed by atoms with Gasteiger partial charge in [-0.3, -0.25) is 4.79 Å². The highest BCUT2D eigenvalue weighted by molar-refractivity contribution is 5.99. The highest BCUT2D eigenvalue weighted by Crippen LogP contribution is 2.31. The number of carbonyl (C=O) groups is 1. The van der Waals surface area contributed by atoms with Crippen molar-refractivity contribution in [3.63, 3.8) is 0 Å². The number of fused-ring (bicyclic) bond motifs is 3. The molecule has 6 nitrogen and oxygen atoms in total. The third-order valence-corrected chi connectivity index (χ3v) is 3.93. The molecule has 4 heterocycles. The monoisotopic (exact) mass is 258 g/mol. The predicted molar refractivity (Wildman–Crippen MR) is 68.5 cm³/mol. The summed E-state index contributed by atoms with van der Waals surface area (Å²) in [5.41, 5.74) is 1.20. The van der Waals surface area contributed by atoms with Crippen LogP contribution in [0.3, 0.4) is 0 Å². The van der Waals surface area contributed by atoms with Gasteiger partial charge >= 0.3 is 0 Å². The van der Waals surface area contributed by atoms with Crippen LogP contribution in [0, 0.1) is 0 Å². The van der Waals surface area contributed by atoms with E-state index in [9.17, 15) is 4.79 Å². The largest absolute Gasteiger partial charge is 0.374 e. The number of nitrogens with zero attached hydrogens (tertiary/aromatic N) is 4. The molecular weight excluding hydrogens is 244 g/mol. The van der Waals surface area contributed by atoms with E-state index in [1.54, 1.807) is 10.7 Å². The van der Waals surface area contributed by atoms with E-state index < -0.39 is 0 Å². The van der Waals surface area contributed by atoms with Crippen LogP contribution in [0.25, 0.3) is 5.65 Å². The van der Waals surface area contributed by atoms with Crippen LogP contribution in [-0.2, 0) is 4.74 Å². The molecule has 2 saturated heterocycles. The molecule has 2 fully saturated rings. The number of ether oxygens (including phenoxy) is 1. The lowest BCUT2D eigenvalue weighted by Crippen LogP contribution is -2.37. The summed E-state index contributed by atoms with van der Waals surface area (Å²) in [4.78, 5) is 18.4. The van der Waals surface area contributed by atoms with Crippen LogP contribution in [-0.4, -0.2) is 45.7 Å². The fraction of sp³-hybridized carbons (Fsp3) is 0.462. The Morgan fingerprint density at radius 2 is 2.42 bits per heavy atom. The molecule has 2 aromatic rings. The molecule has 0 N–H and O–H groups in total. The molecule has 0 spiro atoms. The fourth-order valence-corrected chi connectivity index (χ4v) is 2.95. The van der Waals surface area contributed by atoms with E-state index in [4.69, 9.17) is 4.74 Å². The van der Waals surface area contributed by atoms with Gasteiger partial charge in [0.15, 0.2) is 11.4 Å². The normalized spacial score (nSPS) is 25.4. The number of carbonyl (C=O) groups excluding carboxylic acids is 1. The van der Waals surface area contributed by atoms with Crippen molar-refractivity contribution in [1.29, 1.82) is 0 Å². The maximum absolute atomic E-state index is 11.6. The lowest BCUT2D eigenvalue weighted by Gasteiger charge is -2.27. The Morgan fingerprint density at radius 3 is 3.11 bits per heavy atom. The van der Waals surface area contributed by atoms with Crippen molar-refractivity contribution in [3.8, 4) is 0 Å². The molecule has 2 aliphatic rings. The van der Waals surface area contributed by atoms with Crippen molar-refractivity contribution in [2.75, 3.05) is 18.1 Å². The Hall–Kier alpha value is -1.95. The third kappa shape index (κ3) is 1.56. The van der Waals surface area contributed by atoms with Gasteiger partial charge in [-0.15, -0.1) is 0 Å². The molecule has 6 heteroatoms. The molecule has 2 unspecified atom stereocenters. The summed E-state index contributed by atoms with van der Waals surface area (Å²) in [5.74, 6) is 0.900. The first-order valence-corrected chi connectivity index (χ1v) is 6.46. The van der Waals surface area contributed by atoms with Crippen LogP contribution < -0.4 is 4.90 Å². The van der Waals surface area contributed by atoms with Crippen molar-refractivity contribution in [3.05, 3.63) is 24.0 Å². The van der Waals surface area contributed by atoms with E-state index in [-0.39, 0.29) is 5.78 Å². The molecule has 0 amide bonds. The number of hydrogen-bond donors (Lipinski definition) is 0. The first kappa shape index (κ1) is 10.9. The summed E-state index contributed by atoms with van der Waals surface area (Å²) in [5, 5.41) is 4.15. The van der Waals surface area contributed by atoms with E-state index in [1.807, 2.05) is 12.3 Å². The van der Waals surface area contributed by atoms with E-state index in [0.717, 1.165) is 25.4 Å². The zero-order chi connectivity index (χ0) is 13.0. The molecule has 2 atom stereocenters. The van der Waals surface area contributed by atoms with Crippen LogP contribution in [0.5, 0.6) is 0 Å². The minimum Gasteiger partial charge on any atom is -0.374 e.